The lowest BCUT2D eigenvalue weighted by molar-refractivity contribution is -0.384. The summed E-state index contributed by atoms with van der Waals surface area (Å²) in [6.07, 6.45) is 6.31. The van der Waals surface area contributed by atoms with Gasteiger partial charge in [-0.15, -0.1) is 0 Å². The van der Waals surface area contributed by atoms with Crippen LogP contribution in [-0.4, -0.2) is 16.7 Å². The standard InChI is InChI=1S/C17H13ClN2O4/c18-11-4-1-8(20(23)24)7-12(11)19-15(21)13-9-2-3-10(14(13)16(19)22)17(9)5-6-17/h1-4,7,9-10,13-14H,5-6H2/t9-,10-,13-,14-/m0/s1. The summed E-state index contributed by atoms with van der Waals surface area (Å²) in [6.45, 7) is 0. The largest absolute Gasteiger partial charge is 0.274 e. The molecular weight excluding hydrogens is 332 g/mol. The lowest BCUT2D eigenvalue weighted by Crippen LogP contribution is -2.35. The highest BCUT2D eigenvalue weighted by atomic mass is 35.5. The van der Waals surface area contributed by atoms with Gasteiger partial charge >= 0.3 is 0 Å². The fourth-order valence-electron chi connectivity index (χ4n) is 5.10. The van der Waals surface area contributed by atoms with Crippen LogP contribution in [-0.2, 0) is 9.59 Å². The average Bonchev–Trinajstić information content (AvgIpc) is 3.14. The number of benzene rings is 1. The summed E-state index contributed by atoms with van der Waals surface area (Å²) in [5.74, 6) is -0.987. The molecule has 0 unspecified atom stereocenters. The molecule has 1 aromatic carbocycles. The maximum absolute atomic E-state index is 13.0. The molecule has 0 aromatic heterocycles. The lowest BCUT2D eigenvalue weighted by Gasteiger charge is -2.22. The molecule has 1 heterocycles. The van der Waals surface area contributed by atoms with Gasteiger partial charge in [0.1, 0.15) is 0 Å². The van der Waals surface area contributed by atoms with E-state index in [-0.39, 0.29) is 57.3 Å². The molecule has 2 amide bonds. The van der Waals surface area contributed by atoms with Crippen molar-refractivity contribution in [2.75, 3.05) is 4.90 Å². The molecule has 3 fully saturated rings. The van der Waals surface area contributed by atoms with Crippen LogP contribution in [0.3, 0.4) is 0 Å². The highest BCUT2D eigenvalue weighted by Gasteiger charge is 2.73. The Morgan fingerprint density at radius 1 is 1.12 bits per heavy atom. The maximum atomic E-state index is 13.0. The number of nitro benzene ring substituents is 1. The highest BCUT2D eigenvalue weighted by Crippen LogP contribution is 2.73. The zero-order valence-corrected chi connectivity index (χ0v) is 13.3. The first-order valence-corrected chi connectivity index (χ1v) is 8.33. The third-order valence-corrected chi connectivity index (χ3v) is 6.55. The number of fused-ring (bicyclic) bond motifs is 3. The van der Waals surface area contributed by atoms with E-state index in [1.54, 1.807) is 0 Å². The molecule has 24 heavy (non-hydrogen) atoms. The number of imide groups is 1. The maximum Gasteiger partial charge on any atom is 0.271 e. The topological polar surface area (TPSA) is 80.5 Å². The monoisotopic (exact) mass is 344 g/mol. The fraction of sp³-hybridized carbons (Fsp3) is 0.412. The quantitative estimate of drug-likeness (QED) is 0.357. The van der Waals surface area contributed by atoms with Gasteiger partial charge in [0.15, 0.2) is 0 Å². The first kappa shape index (κ1) is 14.2. The van der Waals surface area contributed by atoms with Gasteiger partial charge in [-0.05, 0) is 36.2 Å². The van der Waals surface area contributed by atoms with E-state index in [4.69, 9.17) is 11.6 Å². The number of carbonyl (C=O) groups excluding carboxylic acids is 2. The van der Waals surface area contributed by atoms with Crippen molar-refractivity contribution < 1.29 is 14.5 Å². The number of hydrogen-bond acceptors (Lipinski definition) is 4. The van der Waals surface area contributed by atoms with Crippen LogP contribution in [0.1, 0.15) is 12.8 Å². The molecule has 2 bridgehead atoms. The normalized spacial score (nSPS) is 34.3. The number of halogens is 1. The number of hydrogen-bond donors (Lipinski definition) is 0. The Hall–Kier alpha value is -2.21. The molecule has 3 aliphatic carbocycles. The Labute approximate surface area is 142 Å². The third-order valence-electron chi connectivity index (χ3n) is 6.23. The van der Waals surface area contributed by atoms with E-state index in [1.807, 2.05) is 0 Å². The van der Waals surface area contributed by atoms with Crippen molar-refractivity contribution in [2.24, 2.45) is 29.1 Å². The minimum atomic E-state index is -0.559. The van der Waals surface area contributed by atoms with Gasteiger partial charge in [0, 0.05) is 12.1 Å². The summed E-state index contributed by atoms with van der Waals surface area (Å²) < 4.78 is 0. The molecular formula is C17H13ClN2O4. The molecule has 2 saturated carbocycles. The van der Waals surface area contributed by atoms with Crippen molar-refractivity contribution in [1.82, 2.24) is 0 Å². The molecule has 4 aliphatic rings. The molecule has 5 rings (SSSR count). The minimum absolute atomic E-state index is 0.117. The van der Waals surface area contributed by atoms with E-state index in [1.165, 1.54) is 18.2 Å². The number of anilines is 1. The number of carbonyl (C=O) groups is 2. The molecule has 6 nitrogen and oxygen atoms in total. The number of nitrogens with zero attached hydrogens (tertiary/aromatic N) is 2. The molecule has 1 aromatic rings. The summed E-state index contributed by atoms with van der Waals surface area (Å²) >= 11 is 6.14. The van der Waals surface area contributed by atoms with E-state index < -0.39 is 4.92 Å². The van der Waals surface area contributed by atoms with Crippen molar-refractivity contribution in [3.05, 3.63) is 45.5 Å². The second-order valence-electron chi connectivity index (χ2n) is 7.13. The second kappa shape index (κ2) is 4.25. The van der Waals surface area contributed by atoms with Crippen LogP contribution in [0.4, 0.5) is 11.4 Å². The van der Waals surface area contributed by atoms with Crippen molar-refractivity contribution in [3.63, 3.8) is 0 Å². The summed E-state index contributed by atoms with van der Waals surface area (Å²) in [5.41, 5.74) is 0.0606. The van der Waals surface area contributed by atoms with Gasteiger partial charge in [0.25, 0.3) is 5.69 Å². The molecule has 122 valence electrons. The summed E-state index contributed by atoms with van der Waals surface area (Å²) in [4.78, 5) is 37.5. The zero-order valence-electron chi connectivity index (χ0n) is 12.5. The number of rotatable bonds is 2. The third kappa shape index (κ3) is 1.48. The predicted octanol–water partition coefficient (Wildman–Crippen LogP) is 2.95. The van der Waals surface area contributed by atoms with Gasteiger partial charge in [-0.3, -0.25) is 19.7 Å². The van der Waals surface area contributed by atoms with Gasteiger partial charge in [0.2, 0.25) is 11.8 Å². The van der Waals surface area contributed by atoms with Crippen LogP contribution in [0, 0.1) is 39.2 Å². The summed E-state index contributed by atoms with van der Waals surface area (Å²) in [5, 5.41) is 11.2. The van der Waals surface area contributed by atoms with Crippen LogP contribution in [0.2, 0.25) is 5.02 Å². The Bertz CT molecular complexity index is 826. The molecule has 0 N–H and O–H groups in total. The molecule has 4 atom stereocenters. The van der Waals surface area contributed by atoms with Gasteiger partial charge < -0.3 is 0 Å². The first-order valence-electron chi connectivity index (χ1n) is 7.96. The molecule has 1 saturated heterocycles. The smallest absolute Gasteiger partial charge is 0.271 e. The molecule has 0 radical (unpaired) electrons. The van der Waals surface area contributed by atoms with Crippen molar-refractivity contribution >= 4 is 34.8 Å². The number of amides is 2. The Morgan fingerprint density at radius 2 is 1.71 bits per heavy atom. The molecule has 7 heteroatoms. The SMILES string of the molecule is O=C1[C@@H]2[C@@H](C(=O)N1c1cc([N+](=O)[O-])ccc1Cl)[C@@H]1C=C[C@@H]2C12CC2. The lowest BCUT2D eigenvalue weighted by atomic mass is 9.85. The van der Waals surface area contributed by atoms with E-state index in [2.05, 4.69) is 12.2 Å². The fourth-order valence-corrected chi connectivity index (χ4v) is 5.30. The van der Waals surface area contributed by atoms with Gasteiger partial charge in [-0.1, -0.05) is 23.8 Å². The van der Waals surface area contributed by atoms with Crippen LogP contribution < -0.4 is 4.90 Å². The summed E-state index contributed by atoms with van der Waals surface area (Å²) in [7, 11) is 0. The van der Waals surface area contributed by atoms with Gasteiger partial charge in [0.05, 0.1) is 27.5 Å². The number of non-ortho nitro benzene ring substituents is 1. The summed E-state index contributed by atoms with van der Waals surface area (Å²) in [6, 6.07) is 3.84. The predicted molar refractivity (Wildman–Crippen MR) is 85.4 cm³/mol. The van der Waals surface area contributed by atoms with Crippen LogP contribution in [0.25, 0.3) is 0 Å². The van der Waals surface area contributed by atoms with Crippen LogP contribution >= 0.6 is 11.6 Å². The number of nitro groups is 1. The van der Waals surface area contributed by atoms with E-state index in [0.29, 0.717) is 0 Å². The molecule has 1 spiro atoms. The van der Waals surface area contributed by atoms with Crippen molar-refractivity contribution in [1.29, 1.82) is 0 Å². The van der Waals surface area contributed by atoms with E-state index in [9.17, 15) is 19.7 Å². The zero-order chi connectivity index (χ0) is 16.8. The van der Waals surface area contributed by atoms with E-state index >= 15 is 0 Å². The first-order chi connectivity index (χ1) is 11.5. The Kier molecular flexibility index (Phi) is 2.51. The van der Waals surface area contributed by atoms with Crippen molar-refractivity contribution in [2.45, 2.75) is 12.8 Å². The molecule has 1 aliphatic heterocycles. The minimum Gasteiger partial charge on any atom is -0.274 e. The van der Waals surface area contributed by atoms with E-state index in [0.717, 1.165) is 17.7 Å². The second-order valence-corrected chi connectivity index (χ2v) is 7.53. The van der Waals surface area contributed by atoms with Crippen LogP contribution in [0.15, 0.2) is 30.4 Å². The number of allylic oxidation sites excluding steroid dienone is 2. The Morgan fingerprint density at radius 3 is 2.21 bits per heavy atom. The average molecular weight is 345 g/mol. The van der Waals surface area contributed by atoms with Crippen LogP contribution in [0.5, 0.6) is 0 Å². The van der Waals surface area contributed by atoms with Gasteiger partial charge in [-0.25, -0.2) is 4.90 Å². The van der Waals surface area contributed by atoms with Crippen molar-refractivity contribution in [3.8, 4) is 0 Å². The van der Waals surface area contributed by atoms with Gasteiger partial charge in [-0.2, -0.15) is 0 Å². The Balaban J connectivity index is 1.59. The highest BCUT2D eigenvalue weighted by molar-refractivity contribution is 6.36.